The minimum absolute atomic E-state index is 0.0122. The fraction of sp³-hybridized carbons (Fsp3) is 0.286. The Labute approximate surface area is 340 Å². The van der Waals surface area contributed by atoms with Crippen LogP contribution in [0.5, 0.6) is 0 Å². The Morgan fingerprint density at radius 1 is 0.559 bits per heavy atom. The minimum atomic E-state index is -4.22. The van der Waals surface area contributed by atoms with Crippen LogP contribution in [0.15, 0.2) is 118 Å². The second kappa shape index (κ2) is 18.7. The van der Waals surface area contributed by atoms with Crippen molar-refractivity contribution in [2.45, 2.75) is 62.5 Å². The predicted molar refractivity (Wildman–Crippen MR) is 218 cm³/mol. The molecule has 2 aromatic heterocycles. The SMILES string of the molecule is CC[C@H](NC(=O)[C@H](CS(=O)(=O)Cc1ccccc1)O[C@@H](CS(=O)(=O)Cc1ccccc1)C(=O)N[C@@H](CC)C(=O)c1nc2ccccc2o1)C(=O)c1nc2ccccc2o1. The third-order valence-corrected chi connectivity index (χ3v) is 12.4. The molecule has 2 N–H and O–H groups in total. The Morgan fingerprint density at radius 2 is 0.915 bits per heavy atom. The summed E-state index contributed by atoms with van der Waals surface area (Å²) in [5, 5.41) is 5.03. The highest BCUT2D eigenvalue weighted by molar-refractivity contribution is 7.91. The van der Waals surface area contributed by atoms with Gasteiger partial charge in [-0.3, -0.25) is 19.2 Å². The van der Waals surface area contributed by atoms with E-state index in [1.807, 2.05) is 0 Å². The molecule has 0 saturated carbocycles. The standard InChI is InChI=1S/C42H42N4O11S2/c1-3-29(37(47)41-45-31-19-11-13-21-33(31)56-41)43-39(49)35(25-58(51,52)23-27-15-7-5-8-16-27)55-36(26-59(53,54)24-28-17-9-6-10-18-28)40(50)44-30(4-2)38(48)42-46-32-20-12-14-22-34(32)57-42/h5-22,29-30,35-36H,3-4,23-26H2,1-2H3,(H,43,49)(H,44,50)/t29-,30-,35-,36-/m0/s1. The van der Waals surface area contributed by atoms with E-state index in [4.69, 9.17) is 13.6 Å². The largest absolute Gasteiger partial charge is 0.434 e. The Balaban J connectivity index is 1.31. The summed E-state index contributed by atoms with van der Waals surface area (Å²) in [6.45, 7) is 3.19. The monoisotopic (exact) mass is 842 g/mol. The number of benzene rings is 4. The summed E-state index contributed by atoms with van der Waals surface area (Å²) in [5.74, 6) is -7.35. The van der Waals surface area contributed by atoms with Gasteiger partial charge in [-0.05, 0) is 48.2 Å². The van der Waals surface area contributed by atoms with E-state index in [1.54, 1.807) is 123 Å². The number of carbonyl (C=O) groups excluding carboxylic acids is 4. The lowest BCUT2D eigenvalue weighted by atomic mass is 10.1. The van der Waals surface area contributed by atoms with E-state index in [2.05, 4.69) is 20.6 Å². The Hall–Kier alpha value is -6.04. The van der Waals surface area contributed by atoms with Crippen molar-refractivity contribution in [1.82, 2.24) is 20.6 Å². The van der Waals surface area contributed by atoms with Crippen molar-refractivity contribution >= 4 is 65.3 Å². The Morgan fingerprint density at radius 3 is 1.27 bits per heavy atom. The summed E-state index contributed by atoms with van der Waals surface area (Å²) in [7, 11) is -8.44. The van der Waals surface area contributed by atoms with Crippen LogP contribution in [0.3, 0.4) is 0 Å². The van der Waals surface area contributed by atoms with Crippen LogP contribution in [-0.4, -0.2) is 86.0 Å². The number of hydrogen-bond acceptors (Lipinski definition) is 13. The first-order valence-electron chi connectivity index (χ1n) is 18.8. The highest BCUT2D eigenvalue weighted by atomic mass is 32.2. The Kier molecular flexibility index (Phi) is 13.5. The van der Waals surface area contributed by atoms with E-state index in [0.717, 1.165) is 0 Å². The van der Waals surface area contributed by atoms with Crippen molar-refractivity contribution in [3.63, 3.8) is 0 Å². The first kappa shape index (κ1) is 42.6. The van der Waals surface area contributed by atoms with Crippen LogP contribution < -0.4 is 10.6 Å². The average Bonchev–Trinajstić information content (AvgIpc) is 3.86. The fourth-order valence-electron chi connectivity index (χ4n) is 6.28. The molecule has 6 rings (SSSR count). The van der Waals surface area contributed by atoms with E-state index in [-0.39, 0.29) is 24.6 Å². The molecule has 4 aromatic carbocycles. The van der Waals surface area contributed by atoms with Gasteiger partial charge in [0, 0.05) is 0 Å². The van der Waals surface area contributed by atoms with Gasteiger partial charge in [0.05, 0.1) is 35.1 Å². The molecule has 0 saturated heterocycles. The number of para-hydroxylation sites is 4. The second-order valence-electron chi connectivity index (χ2n) is 13.8. The maximum atomic E-state index is 14.2. The van der Waals surface area contributed by atoms with Crippen LogP contribution in [0.2, 0.25) is 0 Å². The first-order valence-corrected chi connectivity index (χ1v) is 22.4. The number of hydrogen-bond donors (Lipinski definition) is 2. The number of nitrogens with zero attached hydrogens (tertiary/aromatic N) is 2. The third kappa shape index (κ3) is 11.1. The second-order valence-corrected chi connectivity index (χ2v) is 18.1. The number of ketones is 2. The molecule has 4 atom stereocenters. The number of nitrogens with one attached hydrogen (secondary N) is 2. The molecule has 0 aliphatic carbocycles. The van der Waals surface area contributed by atoms with Gasteiger partial charge < -0.3 is 24.2 Å². The number of ether oxygens (including phenoxy) is 1. The molecule has 0 aliphatic heterocycles. The van der Waals surface area contributed by atoms with Gasteiger partial charge in [-0.25, -0.2) is 26.8 Å². The average molecular weight is 843 g/mol. The third-order valence-electron chi connectivity index (χ3n) is 9.27. The van der Waals surface area contributed by atoms with Gasteiger partial charge >= 0.3 is 0 Å². The molecule has 0 fully saturated rings. The molecule has 15 nitrogen and oxygen atoms in total. The zero-order valence-corrected chi connectivity index (χ0v) is 33.8. The summed E-state index contributed by atoms with van der Waals surface area (Å²) in [5.41, 5.74) is 2.25. The number of aromatic nitrogens is 2. The fourth-order valence-corrected chi connectivity index (χ4v) is 9.29. The van der Waals surface area contributed by atoms with Crippen LogP contribution in [-0.2, 0) is 45.5 Å². The van der Waals surface area contributed by atoms with Crippen molar-refractivity contribution in [2.24, 2.45) is 0 Å². The van der Waals surface area contributed by atoms with Gasteiger partial charge in [0.1, 0.15) is 11.0 Å². The summed E-state index contributed by atoms with van der Waals surface area (Å²) < 4.78 is 72.1. The highest BCUT2D eigenvalue weighted by Gasteiger charge is 2.38. The topological polar surface area (TPSA) is 222 Å². The summed E-state index contributed by atoms with van der Waals surface area (Å²) in [4.78, 5) is 64.0. The zero-order valence-electron chi connectivity index (χ0n) is 32.1. The van der Waals surface area contributed by atoms with Crippen molar-refractivity contribution in [1.29, 1.82) is 0 Å². The summed E-state index contributed by atoms with van der Waals surface area (Å²) in [6, 6.07) is 27.0. The summed E-state index contributed by atoms with van der Waals surface area (Å²) >= 11 is 0. The molecular formula is C42H42N4O11S2. The van der Waals surface area contributed by atoms with E-state index in [1.165, 1.54) is 0 Å². The van der Waals surface area contributed by atoms with Crippen molar-refractivity contribution in [3.05, 3.63) is 132 Å². The molecule has 6 aromatic rings. The molecule has 59 heavy (non-hydrogen) atoms. The van der Waals surface area contributed by atoms with Crippen LogP contribution in [0.1, 0.15) is 59.2 Å². The van der Waals surface area contributed by atoms with Crippen molar-refractivity contribution in [2.75, 3.05) is 11.5 Å². The van der Waals surface area contributed by atoms with Crippen molar-refractivity contribution in [3.8, 4) is 0 Å². The van der Waals surface area contributed by atoms with Crippen LogP contribution in [0.25, 0.3) is 22.2 Å². The molecule has 0 bridgehead atoms. The molecule has 0 radical (unpaired) electrons. The predicted octanol–water partition coefficient (Wildman–Crippen LogP) is 4.81. The lowest BCUT2D eigenvalue weighted by molar-refractivity contribution is -0.143. The van der Waals surface area contributed by atoms with E-state index < -0.39 is 90.4 Å². The van der Waals surface area contributed by atoms with E-state index in [0.29, 0.717) is 33.3 Å². The van der Waals surface area contributed by atoms with Gasteiger partial charge in [0.15, 0.2) is 43.0 Å². The molecule has 2 amide bonds. The van der Waals surface area contributed by atoms with Gasteiger partial charge in [0.2, 0.25) is 11.6 Å². The van der Waals surface area contributed by atoms with Crippen LogP contribution in [0, 0.1) is 0 Å². The van der Waals surface area contributed by atoms with Crippen LogP contribution >= 0.6 is 0 Å². The number of carbonyl (C=O) groups is 4. The van der Waals surface area contributed by atoms with Crippen molar-refractivity contribution < 1.29 is 49.6 Å². The van der Waals surface area contributed by atoms with Crippen LogP contribution in [0.4, 0.5) is 0 Å². The molecule has 308 valence electrons. The van der Waals surface area contributed by atoms with Gasteiger partial charge in [0.25, 0.3) is 23.6 Å². The number of oxazole rings is 2. The maximum Gasteiger partial charge on any atom is 0.266 e. The quantitative estimate of drug-likeness (QED) is 0.0987. The molecule has 0 aliphatic rings. The lowest BCUT2D eigenvalue weighted by Gasteiger charge is -2.26. The molecule has 2 heterocycles. The number of amides is 2. The lowest BCUT2D eigenvalue weighted by Crippen LogP contribution is -2.53. The number of Topliss-reactive ketones (excluding diaryl/α,β-unsaturated/α-hetero) is 2. The van der Waals surface area contributed by atoms with Gasteiger partial charge in [-0.15, -0.1) is 0 Å². The van der Waals surface area contributed by atoms with Gasteiger partial charge in [-0.2, -0.15) is 0 Å². The van der Waals surface area contributed by atoms with Gasteiger partial charge in [-0.1, -0.05) is 98.8 Å². The maximum absolute atomic E-state index is 14.2. The number of fused-ring (bicyclic) bond motifs is 2. The summed E-state index contributed by atoms with van der Waals surface area (Å²) in [6.07, 6.45) is -4.02. The zero-order chi connectivity index (χ0) is 42.2. The van der Waals surface area contributed by atoms with E-state index in [9.17, 15) is 36.0 Å². The molecule has 0 unspecified atom stereocenters. The Bertz CT molecular complexity index is 2410. The first-order chi connectivity index (χ1) is 28.2. The smallest absolute Gasteiger partial charge is 0.266 e. The molecular weight excluding hydrogens is 801 g/mol. The number of sulfone groups is 2. The minimum Gasteiger partial charge on any atom is -0.434 e. The highest BCUT2D eigenvalue weighted by Crippen LogP contribution is 2.20. The molecule has 17 heteroatoms. The van der Waals surface area contributed by atoms with E-state index >= 15 is 0 Å². The number of rotatable bonds is 20. The molecule has 0 spiro atoms. The normalized spacial score (nSPS) is 14.0.